The number of nitrogens with one attached hydrogen (secondary N) is 2. The Hall–Kier alpha value is -3.10. The van der Waals surface area contributed by atoms with Crippen molar-refractivity contribution in [3.05, 3.63) is 66.7 Å². The number of carbonyl (C=O) groups is 1. The second kappa shape index (κ2) is 9.15. The van der Waals surface area contributed by atoms with Crippen LogP contribution in [0.5, 0.6) is 5.75 Å². The van der Waals surface area contributed by atoms with Crippen LogP contribution in [-0.2, 0) is 4.79 Å². The number of fused-ring (bicyclic) bond motifs is 1. The number of rotatable bonds is 7. The molecule has 1 atom stereocenters. The van der Waals surface area contributed by atoms with Crippen LogP contribution in [0.25, 0.3) is 10.8 Å². The van der Waals surface area contributed by atoms with Crippen molar-refractivity contribution in [3.8, 4) is 5.75 Å². The highest BCUT2D eigenvalue weighted by atomic mass is 32.2. The number of carbonyl (C=O) groups excluding carboxylic acids is 1. The number of methoxy groups -OCH3 is 1. The van der Waals surface area contributed by atoms with Crippen LogP contribution in [-0.4, -0.2) is 28.5 Å². The minimum atomic E-state index is -0.316. The van der Waals surface area contributed by atoms with Gasteiger partial charge in [-0.05, 0) is 42.0 Å². The maximum Gasteiger partial charge on any atom is 0.237 e. The highest BCUT2D eigenvalue weighted by molar-refractivity contribution is 8.02. The zero-order chi connectivity index (χ0) is 20.9. The van der Waals surface area contributed by atoms with Crippen molar-refractivity contribution in [3.63, 3.8) is 0 Å². The lowest BCUT2D eigenvalue weighted by Gasteiger charge is -2.11. The molecule has 0 fully saturated rings. The van der Waals surface area contributed by atoms with E-state index in [1.807, 2.05) is 73.7 Å². The van der Waals surface area contributed by atoms with Crippen LogP contribution in [0, 0.1) is 0 Å². The fourth-order valence-corrected chi connectivity index (χ4v) is 4.80. The maximum atomic E-state index is 12.6. The van der Waals surface area contributed by atoms with Crippen LogP contribution in [0.1, 0.15) is 6.92 Å². The molecule has 1 unspecified atom stereocenters. The Balaban J connectivity index is 1.38. The Morgan fingerprint density at radius 1 is 1.03 bits per heavy atom. The zero-order valence-electron chi connectivity index (χ0n) is 16.5. The smallest absolute Gasteiger partial charge is 0.237 e. The van der Waals surface area contributed by atoms with Gasteiger partial charge in [0.2, 0.25) is 11.0 Å². The molecule has 152 valence electrons. The Labute approximate surface area is 182 Å². The zero-order valence-corrected chi connectivity index (χ0v) is 18.1. The molecule has 1 amide bonds. The van der Waals surface area contributed by atoms with E-state index in [2.05, 4.69) is 20.8 Å². The molecule has 0 saturated heterocycles. The van der Waals surface area contributed by atoms with Crippen molar-refractivity contribution >= 4 is 56.3 Å². The third-order valence-electron chi connectivity index (χ3n) is 4.42. The number of nitrogens with zero attached hydrogens (tertiary/aromatic N) is 2. The van der Waals surface area contributed by atoms with Gasteiger partial charge in [0.25, 0.3) is 0 Å². The minimum absolute atomic E-state index is 0.0790. The van der Waals surface area contributed by atoms with Crippen molar-refractivity contribution in [2.75, 3.05) is 17.7 Å². The SMILES string of the molecule is COc1ccccc1Nc1nnc(SC(C)C(=O)Nc2ccc3ccccc3c2)s1. The van der Waals surface area contributed by atoms with Crippen LogP contribution in [0.2, 0.25) is 0 Å². The van der Waals surface area contributed by atoms with Crippen molar-refractivity contribution in [2.24, 2.45) is 0 Å². The summed E-state index contributed by atoms with van der Waals surface area (Å²) in [4.78, 5) is 12.6. The maximum absolute atomic E-state index is 12.6. The highest BCUT2D eigenvalue weighted by Crippen LogP contribution is 2.33. The predicted molar refractivity (Wildman–Crippen MR) is 124 cm³/mol. The molecule has 0 radical (unpaired) electrons. The third kappa shape index (κ3) is 4.72. The van der Waals surface area contributed by atoms with E-state index < -0.39 is 0 Å². The topological polar surface area (TPSA) is 76.1 Å². The van der Waals surface area contributed by atoms with Gasteiger partial charge in [-0.15, -0.1) is 10.2 Å². The summed E-state index contributed by atoms with van der Waals surface area (Å²) in [6.45, 7) is 1.86. The average Bonchev–Trinajstić information content (AvgIpc) is 3.20. The van der Waals surface area contributed by atoms with Gasteiger partial charge in [0, 0.05) is 5.69 Å². The first-order valence-electron chi connectivity index (χ1n) is 9.32. The number of hydrogen-bond acceptors (Lipinski definition) is 7. The molecule has 0 aliphatic heterocycles. The van der Waals surface area contributed by atoms with Gasteiger partial charge in [-0.1, -0.05) is 65.6 Å². The van der Waals surface area contributed by atoms with E-state index in [1.165, 1.54) is 23.1 Å². The lowest BCUT2D eigenvalue weighted by atomic mass is 10.1. The molecule has 3 aromatic carbocycles. The fourth-order valence-electron chi connectivity index (χ4n) is 2.89. The number of hydrogen-bond donors (Lipinski definition) is 2. The summed E-state index contributed by atoms with van der Waals surface area (Å²) < 4.78 is 6.06. The molecule has 30 heavy (non-hydrogen) atoms. The van der Waals surface area contributed by atoms with Gasteiger partial charge in [-0.3, -0.25) is 4.79 Å². The van der Waals surface area contributed by atoms with Crippen molar-refractivity contribution in [1.29, 1.82) is 0 Å². The van der Waals surface area contributed by atoms with Crippen molar-refractivity contribution in [2.45, 2.75) is 16.5 Å². The summed E-state index contributed by atoms with van der Waals surface area (Å²) in [6, 6.07) is 21.6. The summed E-state index contributed by atoms with van der Waals surface area (Å²) >= 11 is 2.77. The van der Waals surface area contributed by atoms with Gasteiger partial charge in [0.05, 0.1) is 18.0 Å². The number of para-hydroxylation sites is 2. The van der Waals surface area contributed by atoms with E-state index in [9.17, 15) is 4.79 Å². The van der Waals surface area contributed by atoms with E-state index in [0.29, 0.717) is 9.47 Å². The highest BCUT2D eigenvalue weighted by Gasteiger charge is 2.18. The van der Waals surface area contributed by atoms with E-state index in [0.717, 1.165) is 27.9 Å². The first-order valence-corrected chi connectivity index (χ1v) is 11.0. The number of anilines is 3. The molecule has 0 spiro atoms. The van der Waals surface area contributed by atoms with Crippen LogP contribution in [0.15, 0.2) is 71.1 Å². The number of ether oxygens (including phenoxy) is 1. The summed E-state index contributed by atoms with van der Waals surface area (Å²) in [6.07, 6.45) is 0. The van der Waals surface area contributed by atoms with Crippen molar-refractivity contribution < 1.29 is 9.53 Å². The first kappa shape index (κ1) is 20.2. The monoisotopic (exact) mass is 436 g/mol. The van der Waals surface area contributed by atoms with Gasteiger partial charge < -0.3 is 15.4 Å². The number of thioether (sulfide) groups is 1. The molecule has 0 aliphatic carbocycles. The normalized spacial score (nSPS) is 11.8. The average molecular weight is 437 g/mol. The summed E-state index contributed by atoms with van der Waals surface area (Å²) in [5, 5.41) is 17.1. The number of benzene rings is 3. The third-order valence-corrected chi connectivity index (χ3v) is 6.44. The lowest BCUT2D eigenvalue weighted by molar-refractivity contribution is -0.115. The van der Waals surface area contributed by atoms with Crippen molar-refractivity contribution in [1.82, 2.24) is 10.2 Å². The molecule has 4 aromatic rings. The summed E-state index contributed by atoms with van der Waals surface area (Å²) in [5.74, 6) is 0.648. The van der Waals surface area contributed by atoms with Crippen LogP contribution >= 0.6 is 23.1 Å². The molecule has 2 N–H and O–H groups in total. The fraction of sp³-hybridized carbons (Fsp3) is 0.136. The molecular formula is C22H20N4O2S2. The molecule has 0 bridgehead atoms. The lowest BCUT2D eigenvalue weighted by Crippen LogP contribution is -2.22. The number of aromatic nitrogens is 2. The molecule has 1 aromatic heterocycles. The minimum Gasteiger partial charge on any atom is -0.495 e. The Kier molecular flexibility index (Phi) is 6.15. The van der Waals surface area contributed by atoms with Crippen LogP contribution in [0.3, 0.4) is 0 Å². The van der Waals surface area contributed by atoms with E-state index in [4.69, 9.17) is 4.74 Å². The second-order valence-electron chi connectivity index (χ2n) is 6.51. The summed E-state index contributed by atoms with van der Waals surface area (Å²) in [7, 11) is 1.62. The Morgan fingerprint density at radius 3 is 2.63 bits per heavy atom. The van der Waals surface area contributed by atoms with Gasteiger partial charge in [-0.2, -0.15) is 0 Å². The molecule has 0 saturated carbocycles. The van der Waals surface area contributed by atoms with E-state index in [-0.39, 0.29) is 11.2 Å². The first-order chi connectivity index (χ1) is 14.6. The second-order valence-corrected chi connectivity index (χ2v) is 9.08. The Morgan fingerprint density at radius 2 is 1.80 bits per heavy atom. The quantitative estimate of drug-likeness (QED) is 0.369. The predicted octanol–water partition coefficient (Wildman–Crippen LogP) is 5.56. The molecule has 0 aliphatic rings. The van der Waals surface area contributed by atoms with E-state index in [1.54, 1.807) is 7.11 Å². The molecular weight excluding hydrogens is 416 g/mol. The van der Waals surface area contributed by atoms with Crippen LogP contribution < -0.4 is 15.4 Å². The number of amides is 1. The Bertz CT molecular complexity index is 1180. The van der Waals surface area contributed by atoms with Crippen LogP contribution in [0.4, 0.5) is 16.5 Å². The van der Waals surface area contributed by atoms with Gasteiger partial charge >= 0.3 is 0 Å². The molecule has 1 heterocycles. The standard InChI is InChI=1S/C22H20N4O2S2/c1-14(20(27)23-17-12-11-15-7-3-4-8-16(15)13-17)29-22-26-25-21(30-22)24-18-9-5-6-10-19(18)28-2/h3-14H,1-2H3,(H,23,27)(H,24,25). The molecule has 8 heteroatoms. The molecule has 6 nitrogen and oxygen atoms in total. The van der Waals surface area contributed by atoms with E-state index >= 15 is 0 Å². The largest absolute Gasteiger partial charge is 0.495 e. The molecule has 4 rings (SSSR count). The summed E-state index contributed by atoms with van der Waals surface area (Å²) in [5.41, 5.74) is 1.59. The van der Waals surface area contributed by atoms with Gasteiger partial charge in [0.15, 0.2) is 4.34 Å². The van der Waals surface area contributed by atoms with Gasteiger partial charge in [-0.25, -0.2) is 0 Å². The van der Waals surface area contributed by atoms with Gasteiger partial charge in [0.1, 0.15) is 5.75 Å².